The topological polar surface area (TPSA) is 111 Å². The first kappa shape index (κ1) is 48.6. The lowest BCUT2D eigenvalue weighted by atomic mass is 10.0. The van der Waals surface area contributed by atoms with Crippen molar-refractivity contribution in [2.24, 2.45) is 0 Å². The van der Waals surface area contributed by atoms with Crippen LogP contribution in [0.5, 0.6) is 0 Å². The summed E-state index contributed by atoms with van der Waals surface area (Å²) in [6, 6.07) is -1.54. The van der Waals surface area contributed by atoms with E-state index in [2.05, 4.69) is 24.5 Å². The summed E-state index contributed by atoms with van der Waals surface area (Å²) >= 11 is 0. The summed E-state index contributed by atoms with van der Waals surface area (Å²) in [4.78, 5) is 49.8. The van der Waals surface area contributed by atoms with Crippen molar-refractivity contribution in [3.8, 4) is 0 Å². The standard InChI is InChI=1S/C40H76N2O6S2/c1-5-7-9-11-13-15-17-19-21-23-25-27-29-31-37(43)41-35(39(45)47-3)33-49-50-34-36(40(46)48-4)42-38(44)32-30-28-26-24-22-20-18-16-14-12-10-8-6-2/h35-36H,5-34H2,1-4H3,(H,41,43)(H,42,44)/t35-,36?/m0/s1. The molecule has 0 spiro atoms. The second kappa shape index (κ2) is 37.3. The zero-order valence-electron chi connectivity index (χ0n) is 32.6. The molecule has 0 aromatic heterocycles. The maximum atomic E-state index is 12.6. The van der Waals surface area contributed by atoms with Gasteiger partial charge in [-0.25, -0.2) is 9.59 Å². The van der Waals surface area contributed by atoms with Crippen LogP contribution in [0.3, 0.4) is 0 Å². The molecule has 2 N–H and O–H groups in total. The average molecular weight is 745 g/mol. The zero-order valence-corrected chi connectivity index (χ0v) is 34.3. The van der Waals surface area contributed by atoms with Crippen molar-refractivity contribution in [3.05, 3.63) is 0 Å². The van der Waals surface area contributed by atoms with Gasteiger partial charge in [-0.05, 0) is 12.8 Å². The lowest BCUT2D eigenvalue weighted by Gasteiger charge is -2.18. The minimum Gasteiger partial charge on any atom is -0.467 e. The van der Waals surface area contributed by atoms with Crippen LogP contribution in [0.15, 0.2) is 0 Å². The Kier molecular flexibility index (Phi) is 36.3. The molecule has 0 bridgehead atoms. The fourth-order valence-corrected chi connectivity index (χ4v) is 8.29. The summed E-state index contributed by atoms with van der Waals surface area (Å²) in [5.41, 5.74) is 0. The van der Waals surface area contributed by atoms with Crippen molar-refractivity contribution in [1.29, 1.82) is 0 Å². The fraction of sp³-hybridized carbons (Fsp3) is 0.900. The molecule has 8 nitrogen and oxygen atoms in total. The van der Waals surface area contributed by atoms with Crippen molar-refractivity contribution in [3.63, 3.8) is 0 Å². The lowest BCUT2D eigenvalue weighted by molar-refractivity contribution is -0.144. The summed E-state index contributed by atoms with van der Waals surface area (Å²) < 4.78 is 9.83. The highest BCUT2D eigenvalue weighted by molar-refractivity contribution is 8.76. The molecule has 0 fully saturated rings. The van der Waals surface area contributed by atoms with Crippen LogP contribution in [0.1, 0.15) is 194 Å². The number of carbonyl (C=O) groups is 4. The third-order valence-electron chi connectivity index (χ3n) is 9.21. The largest absolute Gasteiger partial charge is 0.467 e. The minimum atomic E-state index is -0.770. The predicted octanol–water partition coefficient (Wildman–Crippen LogP) is 10.6. The first-order chi connectivity index (χ1) is 24.4. The van der Waals surface area contributed by atoms with Gasteiger partial charge < -0.3 is 20.1 Å². The second-order valence-corrected chi connectivity index (χ2v) is 16.4. The van der Waals surface area contributed by atoms with Gasteiger partial charge in [0.15, 0.2) is 0 Å². The Hall–Kier alpha value is -1.42. The van der Waals surface area contributed by atoms with Crippen molar-refractivity contribution < 1.29 is 28.7 Å². The Morgan fingerprint density at radius 2 is 0.660 bits per heavy atom. The summed E-state index contributed by atoms with van der Waals surface area (Å²) in [7, 11) is 5.34. The smallest absolute Gasteiger partial charge is 0.329 e. The molecule has 294 valence electrons. The van der Waals surface area contributed by atoms with Gasteiger partial charge in [-0.1, -0.05) is 190 Å². The maximum Gasteiger partial charge on any atom is 0.329 e. The summed E-state index contributed by atoms with van der Waals surface area (Å²) in [5, 5.41) is 5.63. The van der Waals surface area contributed by atoms with E-state index < -0.39 is 24.0 Å². The van der Waals surface area contributed by atoms with Crippen LogP contribution < -0.4 is 10.6 Å². The zero-order chi connectivity index (χ0) is 36.9. The van der Waals surface area contributed by atoms with Crippen LogP contribution in [0.4, 0.5) is 0 Å². The Balaban J connectivity index is 4.13. The van der Waals surface area contributed by atoms with E-state index in [1.54, 1.807) is 0 Å². The number of hydrogen-bond donors (Lipinski definition) is 2. The summed E-state index contributed by atoms with van der Waals surface area (Å²) in [6.07, 6.45) is 33.1. The van der Waals surface area contributed by atoms with E-state index in [-0.39, 0.29) is 11.8 Å². The molecule has 1 unspecified atom stereocenters. The van der Waals surface area contributed by atoms with Gasteiger partial charge in [0.05, 0.1) is 14.2 Å². The molecule has 0 aromatic rings. The Labute approximate surface area is 315 Å². The predicted molar refractivity (Wildman–Crippen MR) is 213 cm³/mol. The van der Waals surface area contributed by atoms with Crippen LogP contribution in [0, 0.1) is 0 Å². The molecule has 0 aromatic carbocycles. The first-order valence-electron chi connectivity index (χ1n) is 20.4. The molecule has 0 rings (SSSR count). The molecule has 0 saturated heterocycles. The van der Waals surface area contributed by atoms with E-state index in [1.807, 2.05) is 0 Å². The molecule has 0 aliphatic rings. The summed E-state index contributed by atoms with van der Waals surface area (Å²) in [5.74, 6) is -0.700. The molecule has 0 radical (unpaired) electrons. The average Bonchev–Trinajstić information content (AvgIpc) is 3.12. The molecular formula is C40H76N2O6S2. The van der Waals surface area contributed by atoms with Crippen LogP contribution >= 0.6 is 21.6 Å². The first-order valence-corrected chi connectivity index (χ1v) is 22.9. The van der Waals surface area contributed by atoms with Crippen molar-refractivity contribution in [2.45, 2.75) is 206 Å². The van der Waals surface area contributed by atoms with Gasteiger partial charge in [0.2, 0.25) is 11.8 Å². The molecule has 0 aliphatic heterocycles. The van der Waals surface area contributed by atoms with Gasteiger partial charge >= 0.3 is 11.9 Å². The lowest BCUT2D eigenvalue weighted by Crippen LogP contribution is -2.44. The fourth-order valence-electron chi connectivity index (χ4n) is 5.99. The SMILES string of the molecule is CCCCCCCCCCCCCCCC(=O)NC(CSSC[C@H](NC(=O)CCCCCCCCCCCCCCC)C(=O)OC)C(=O)OC. The third kappa shape index (κ3) is 31.3. The van der Waals surface area contributed by atoms with Crippen molar-refractivity contribution in [1.82, 2.24) is 10.6 Å². The third-order valence-corrected chi connectivity index (χ3v) is 11.6. The highest BCUT2D eigenvalue weighted by Crippen LogP contribution is 2.24. The number of carbonyl (C=O) groups excluding carboxylic acids is 4. The van der Waals surface area contributed by atoms with E-state index in [4.69, 9.17) is 9.47 Å². The number of rotatable bonds is 37. The van der Waals surface area contributed by atoms with E-state index in [1.165, 1.54) is 164 Å². The summed E-state index contributed by atoms with van der Waals surface area (Å²) in [6.45, 7) is 4.51. The second-order valence-electron chi connectivity index (χ2n) is 13.8. The number of nitrogens with one attached hydrogen (secondary N) is 2. The molecule has 0 heterocycles. The highest BCUT2D eigenvalue weighted by atomic mass is 33.1. The Morgan fingerprint density at radius 3 is 0.900 bits per heavy atom. The number of hydrogen-bond acceptors (Lipinski definition) is 8. The van der Waals surface area contributed by atoms with Crippen LogP contribution in [0.25, 0.3) is 0 Å². The van der Waals surface area contributed by atoms with Crippen molar-refractivity contribution >= 4 is 45.3 Å². The van der Waals surface area contributed by atoms with Gasteiger partial charge in [-0.15, -0.1) is 0 Å². The van der Waals surface area contributed by atoms with E-state index in [0.29, 0.717) is 24.3 Å². The van der Waals surface area contributed by atoms with Crippen LogP contribution in [0.2, 0.25) is 0 Å². The molecular weight excluding hydrogens is 669 g/mol. The van der Waals surface area contributed by atoms with Gasteiger partial charge in [0.25, 0.3) is 0 Å². The Bertz CT molecular complexity index is 766. The number of methoxy groups -OCH3 is 2. The normalized spacial score (nSPS) is 12.3. The van der Waals surface area contributed by atoms with E-state index >= 15 is 0 Å². The number of ether oxygens (including phenoxy) is 2. The van der Waals surface area contributed by atoms with Crippen LogP contribution in [-0.4, -0.2) is 61.6 Å². The van der Waals surface area contributed by atoms with Gasteiger partial charge in [0, 0.05) is 24.3 Å². The van der Waals surface area contributed by atoms with Gasteiger partial charge in [-0.3, -0.25) is 9.59 Å². The monoisotopic (exact) mass is 745 g/mol. The molecule has 2 atom stereocenters. The molecule has 10 heteroatoms. The van der Waals surface area contributed by atoms with Crippen LogP contribution in [-0.2, 0) is 28.7 Å². The molecule has 50 heavy (non-hydrogen) atoms. The highest BCUT2D eigenvalue weighted by Gasteiger charge is 2.24. The number of amides is 2. The van der Waals surface area contributed by atoms with E-state index in [0.717, 1.165) is 38.5 Å². The number of unbranched alkanes of at least 4 members (excludes halogenated alkanes) is 24. The maximum absolute atomic E-state index is 12.6. The van der Waals surface area contributed by atoms with Gasteiger partial charge in [-0.2, -0.15) is 0 Å². The number of esters is 2. The van der Waals surface area contributed by atoms with Gasteiger partial charge in [0.1, 0.15) is 12.1 Å². The molecule has 0 saturated carbocycles. The quantitative estimate of drug-likeness (QED) is 0.0367. The van der Waals surface area contributed by atoms with E-state index in [9.17, 15) is 19.2 Å². The molecule has 2 amide bonds. The Morgan fingerprint density at radius 1 is 0.420 bits per heavy atom. The molecule has 0 aliphatic carbocycles. The minimum absolute atomic E-state index is 0.151. The van der Waals surface area contributed by atoms with Crippen molar-refractivity contribution in [2.75, 3.05) is 25.7 Å².